The van der Waals surface area contributed by atoms with Crippen molar-refractivity contribution in [3.8, 4) is 0 Å². The molecule has 0 bridgehead atoms. The van der Waals surface area contributed by atoms with Crippen LogP contribution in [-0.4, -0.2) is 18.7 Å². The Bertz CT molecular complexity index is 214. The van der Waals surface area contributed by atoms with Crippen molar-refractivity contribution < 1.29 is 5.11 Å². The van der Waals surface area contributed by atoms with Gasteiger partial charge in [0.2, 0.25) is 0 Å². The molecule has 0 heterocycles. The molecular formula is C11H19NO. The number of aliphatic hydroxyl groups excluding tert-OH is 1. The molecule has 1 aliphatic carbocycles. The van der Waals surface area contributed by atoms with Crippen molar-refractivity contribution in [2.45, 2.75) is 20.3 Å². The van der Waals surface area contributed by atoms with Crippen LogP contribution < -0.4 is 5.32 Å². The third-order valence-corrected chi connectivity index (χ3v) is 1.56. The third-order valence-electron chi connectivity index (χ3n) is 1.56. The lowest BCUT2D eigenvalue weighted by Gasteiger charge is -1.97. The molecule has 0 aliphatic heterocycles. The highest BCUT2D eigenvalue weighted by molar-refractivity contribution is 5.29. The molecular weight excluding hydrogens is 162 g/mol. The monoisotopic (exact) mass is 181 g/mol. The van der Waals surface area contributed by atoms with Gasteiger partial charge < -0.3 is 10.4 Å². The van der Waals surface area contributed by atoms with Gasteiger partial charge >= 0.3 is 0 Å². The summed E-state index contributed by atoms with van der Waals surface area (Å²) in [6, 6.07) is 0. The van der Waals surface area contributed by atoms with E-state index in [4.69, 9.17) is 5.11 Å². The number of likely N-dealkylation sites (N-methyl/N-ethyl adjacent to an activating group) is 1. The Labute approximate surface area is 80.7 Å². The zero-order valence-corrected chi connectivity index (χ0v) is 8.67. The van der Waals surface area contributed by atoms with Gasteiger partial charge in [0.1, 0.15) is 5.76 Å². The summed E-state index contributed by atoms with van der Waals surface area (Å²) in [7, 11) is 1.91. The highest BCUT2D eigenvalue weighted by Gasteiger charge is 1.94. The Hall–Kier alpha value is -1.02. The third kappa shape index (κ3) is 5.26. The van der Waals surface area contributed by atoms with E-state index in [1.807, 2.05) is 27.0 Å². The van der Waals surface area contributed by atoms with Gasteiger partial charge in [-0.15, -0.1) is 0 Å². The summed E-state index contributed by atoms with van der Waals surface area (Å²) in [5, 5.41) is 12.2. The SMILES string of the molecule is CC.CNCC1=CCC=C(O)C=C1. The summed E-state index contributed by atoms with van der Waals surface area (Å²) >= 11 is 0. The van der Waals surface area contributed by atoms with Gasteiger partial charge in [-0.1, -0.05) is 26.0 Å². The van der Waals surface area contributed by atoms with Crippen molar-refractivity contribution in [1.82, 2.24) is 5.32 Å². The van der Waals surface area contributed by atoms with Crippen LogP contribution in [0, 0.1) is 0 Å². The highest BCUT2D eigenvalue weighted by Crippen LogP contribution is 2.07. The molecule has 0 fully saturated rings. The van der Waals surface area contributed by atoms with Crippen molar-refractivity contribution in [3.05, 3.63) is 35.6 Å². The summed E-state index contributed by atoms with van der Waals surface area (Å²) in [6.45, 7) is 4.86. The van der Waals surface area contributed by atoms with Crippen LogP contribution in [0.1, 0.15) is 20.3 Å². The van der Waals surface area contributed by atoms with Gasteiger partial charge in [-0.3, -0.25) is 0 Å². The summed E-state index contributed by atoms with van der Waals surface area (Å²) in [5.74, 6) is 0.354. The number of hydrogen-bond acceptors (Lipinski definition) is 2. The van der Waals surface area contributed by atoms with E-state index in [9.17, 15) is 0 Å². The average molecular weight is 181 g/mol. The number of aliphatic hydroxyl groups is 1. The van der Waals surface area contributed by atoms with Gasteiger partial charge in [0.15, 0.2) is 0 Å². The van der Waals surface area contributed by atoms with Crippen molar-refractivity contribution in [2.24, 2.45) is 0 Å². The summed E-state index contributed by atoms with van der Waals surface area (Å²) < 4.78 is 0. The minimum atomic E-state index is 0.354. The van der Waals surface area contributed by atoms with Crippen LogP contribution in [-0.2, 0) is 0 Å². The van der Waals surface area contributed by atoms with Crippen LogP contribution in [0.15, 0.2) is 35.6 Å². The zero-order chi connectivity index (χ0) is 10.1. The van der Waals surface area contributed by atoms with Gasteiger partial charge in [-0.25, -0.2) is 0 Å². The topological polar surface area (TPSA) is 32.3 Å². The van der Waals surface area contributed by atoms with E-state index in [-0.39, 0.29) is 0 Å². The molecule has 1 rings (SSSR count). The molecule has 74 valence electrons. The first-order valence-corrected chi connectivity index (χ1v) is 4.74. The second kappa shape index (κ2) is 7.62. The Kier molecular flexibility index (Phi) is 7.02. The van der Waals surface area contributed by atoms with E-state index in [1.54, 1.807) is 12.2 Å². The van der Waals surface area contributed by atoms with Crippen LogP contribution in [0.2, 0.25) is 0 Å². The maximum absolute atomic E-state index is 9.10. The molecule has 2 nitrogen and oxygen atoms in total. The van der Waals surface area contributed by atoms with Crippen LogP contribution in [0.4, 0.5) is 0 Å². The minimum absolute atomic E-state index is 0.354. The lowest BCUT2D eigenvalue weighted by Crippen LogP contribution is -2.08. The molecule has 2 heteroatoms. The Morgan fingerprint density at radius 1 is 1.31 bits per heavy atom. The molecule has 0 saturated heterocycles. The standard InChI is InChI=1S/C9H13NO.C2H6/c1-10-7-8-3-2-4-9(11)6-5-8;1-2/h3-6,10-11H,2,7H2,1H3;1-2H3. The molecule has 0 unspecified atom stereocenters. The fourth-order valence-electron chi connectivity index (χ4n) is 0.995. The zero-order valence-electron chi connectivity index (χ0n) is 8.67. The lowest BCUT2D eigenvalue weighted by atomic mass is 10.2. The molecule has 0 saturated carbocycles. The molecule has 0 spiro atoms. The first kappa shape index (κ1) is 12.0. The second-order valence-corrected chi connectivity index (χ2v) is 2.51. The molecule has 1 aliphatic rings. The quantitative estimate of drug-likeness (QED) is 0.686. The van der Waals surface area contributed by atoms with Crippen LogP contribution in [0.3, 0.4) is 0 Å². The Morgan fingerprint density at radius 2 is 2.00 bits per heavy atom. The van der Waals surface area contributed by atoms with E-state index in [0.29, 0.717) is 5.76 Å². The molecule has 0 aromatic rings. The predicted molar refractivity (Wildman–Crippen MR) is 57.8 cm³/mol. The van der Waals surface area contributed by atoms with Gasteiger partial charge in [0.25, 0.3) is 0 Å². The first-order valence-electron chi connectivity index (χ1n) is 4.74. The minimum Gasteiger partial charge on any atom is -0.508 e. The van der Waals surface area contributed by atoms with E-state index in [2.05, 4.69) is 11.4 Å². The van der Waals surface area contributed by atoms with Crippen LogP contribution in [0.5, 0.6) is 0 Å². The van der Waals surface area contributed by atoms with E-state index in [1.165, 1.54) is 5.57 Å². The summed E-state index contributed by atoms with van der Waals surface area (Å²) in [5.41, 5.74) is 1.22. The van der Waals surface area contributed by atoms with Crippen molar-refractivity contribution in [2.75, 3.05) is 13.6 Å². The Balaban J connectivity index is 0.000000671. The second-order valence-electron chi connectivity index (χ2n) is 2.51. The van der Waals surface area contributed by atoms with Gasteiger partial charge in [0.05, 0.1) is 0 Å². The number of rotatable bonds is 2. The van der Waals surface area contributed by atoms with E-state index in [0.717, 1.165) is 13.0 Å². The number of allylic oxidation sites excluding steroid dienone is 3. The fourth-order valence-corrected chi connectivity index (χ4v) is 0.995. The van der Waals surface area contributed by atoms with Gasteiger partial charge in [-0.2, -0.15) is 0 Å². The van der Waals surface area contributed by atoms with Gasteiger partial charge in [0, 0.05) is 6.54 Å². The molecule has 0 aromatic carbocycles. The van der Waals surface area contributed by atoms with Gasteiger partial charge in [-0.05, 0) is 31.2 Å². The number of hydrogen-bond donors (Lipinski definition) is 2. The molecule has 2 N–H and O–H groups in total. The van der Waals surface area contributed by atoms with Crippen LogP contribution in [0.25, 0.3) is 0 Å². The predicted octanol–water partition coefficient (Wildman–Crippen LogP) is 2.56. The average Bonchev–Trinajstić information content (AvgIpc) is 2.36. The fraction of sp³-hybridized carbons (Fsp3) is 0.455. The van der Waals surface area contributed by atoms with Crippen molar-refractivity contribution in [1.29, 1.82) is 0 Å². The van der Waals surface area contributed by atoms with Crippen LogP contribution >= 0.6 is 0 Å². The molecule has 0 radical (unpaired) electrons. The number of nitrogens with one attached hydrogen (secondary N) is 1. The van der Waals surface area contributed by atoms with Crippen molar-refractivity contribution in [3.63, 3.8) is 0 Å². The molecule has 0 atom stereocenters. The lowest BCUT2D eigenvalue weighted by molar-refractivity contribution is 0.431. The molecule has 13 heavy (non-hydrogen) atoms. The molecule has 0 amide bonds. The Morgan fingerprint density at radius 3 is 2.62 bits per heavy atom. The summed E-state index contributed by atoms with van der Waals surface area (Å²) in [4.78, 5) is 0. The first-order chi connectivity index (χ1) is 6.33. The summed E-state index contributed by atoms with van der Waals surface area (Å²) in [6.07, 6.45) is 8.34. The molecule has 0 aromatic heterocycles. The smallest absolute Gasteiger partial charge is 0.111 e. The maximum Gasteiger partial charge on any atom is 0.111 e. The normalized spacial score (nSPS) is 15.0. The van der Waals surface area contributed by atoms with E-state index >= 15 is 0 Å². The maximum atomic E-state index is 9.10. The largest absolute Gasteiger partial charge is 0.508 e. The highest BCUT2D eigenvalue weighted by atomic mass is 16.3. The van der Waals surface area contributed by atoms with E-state index < -0.39 is 0 Å². The van der Waals surface area contributed by atoms with Crippen molar-refractivity contribution >= 4 is 0 Å².